The van der Waals surface area contributed by atoms with Gasteiger partial charge in [-0.1, -0.05) is 50.2 Å². The Hall–Kier alpha value is -4.82. The van der Waals surface area contributed by atoms with Gasteiger partial charge in [0.05, 0.1) is 16.6 Å². The lowest BCUT2D eigenvalue weighted by molar-refractivity contribution is -0.384. The zero-order valence-electron chi connectivity index (χ0n) is 23.2. The predicted octanol–water partition coefficient (Wildman–Crippen LogP) is 2.90. The molecule has 1 aromatic heterocycles. The number of carbonyl (C=O) groups excluding carboxylic acids is 3. The minimum atomic E-state index is -1.89. The van der Waals surface area contributed by atoms with E-state index in [0.29, 0.717) is 5.69 Å². The van der Waals surface area contributed by atoms with Crippen LogP contribution >= 0.6 is 0 Å². The second-order valence-corrected chi connectivity index (χ2v) is 9.81. The molecule has 0 saturated heterocycles. The molecule has 0 bridgehead atoms. The zero-order valence-corrected chi connectivity index (χ0v) is 23.2. The molecule has 42 heavy (non-hydrogen) atoms. The third kappa shape index (κ3) is 9.11. The van der Waals surface area contributed by atoms with Crippen molar-refractivity contribution in [1.29, 1.82) is 0 Å². The van der Waals surface area contributed by atoms with Crippen molar-refractivity contribution in [3.63, 3.8) is 0 Å². The predicted molar refractivity (Wildman–Crippen MR) is 152 cm³/mol. The molecule has 0 aliphatic heterocycles. The number of ether oxygens (including phenoxy) is 2. The summed E-state index contributed by atoms with van der Waals surface area (Å²) in [6.45, 7) is 4.99. The number of hydrogen-bond donors (Lipinski definition) is 4. The van der Waals surface area contributed by atoms with Crippen molar-refractivity contribution < 1.29 is 38.8 Å². The fourth-order valence-electron chi connectivity index (χ4n) is 3.95. The van der Waals surface area contributed by atoms with E-state index in [1.54, 1.807) is 12.1 Å². The molecule has 2 amide bonds. The number of non-ortho nitro benzene ring substituents is 1. The lowest BCUT2D eigenvalue weighted by atomic mass is 9.75. The van der Waals surface area contributed by atoms with Gasteiger partial charge in [-0.15, -0.1) is 0 Å². The van der Waals surface area contributed by atoms with E-state index in [0.717, 1.165) is 17.7 Å². The topological polar surface area (TPSA) is 190 Å². The molecule has 0 aliphatic carbocycles. The number of pyridine rings is 1. The Morgan fingerprint density at radius 2 is 1.62 bits per heavy atom. The van der Waals surface area contributed by atoms with E-state index in [1.165, 1.54) is 25.1 Å². The number of nitro groups is 1. The highest BCUT2D eigenvalue weighted by molar-refractivity contribution is 6.43. The summed E-state index contributed by atoms with van der Waals surface area (Å²) in [5, 5.41) is 35.4. The van der Waals surface area contributed by atoms with Crippen LogP contribution in [0.25, 0.3) is 11.3 Å². The zero-order chi connectivity index (χ0) is 30.8. The SMILES string of the molecule is CC(C)C[C@H](NC(=O)C(NC(=O)c1cccc(-c2ccccc2)n1)[C@@H](C)OC(=O)Oc1ccc([N+](=O)[O-])cc1)B(O)O. The van der Waals surface area contributed by atoms with Gasteiger partial charge in [0.1, 0.15) is 23.6 Å². The fourth-order valence-corrected chi connectivity index (χ4v) is 3.95. The molecule has 4 N–H and O–H groups in total. The van der Waals surface area contributed by atoms with Gasteiger partial charge in [-0.25, -0.2) is 9.78 Å². The lowest BCUT2D eigenvalue weighted by Crippen LogP contribution is -2.58. The first kappa shape index (κ1) is 31.7. The Morgan fingerprint density at radius 3 is 2.21 bits per heavy atom. The van der Waals surface area contributed by atoms with Crippen LogP contribution in [-0.2, 0) is 9.53 Å². The van der Waals surface area contributed by atoms with Gasteiger partial charge in [-0.05, 0) is 43.5 Å². The second kappa shape index (κ2) is 14.7. The summed E-state index contributed by atoms with van der Waals surface area (Å²) in [6, 6.07) is 17.1. The van der Waals surface area contributed by atoms with E-state index < -0.39 is 48.1 Å². The highest BCUT2D eigenvalue weighted by atomic mass is 16.7. The number of benzene rings is 2. The van der Waals surface area contributed by atoms with Crippen LogP contribution in [0, 0.1) is 16.0 Å². The smallest absolute Gasteiger partial charge is 0.428 e. The van der Waals surface area contributed by atoms with Crippen LogP contribution in [0.4, 0.5) is 10.5 Å². The van der Waals surface area contributed by atoms with Crippen molar-refractivity contribution in [2.24, 2.45) is 5.92 Å². The van der Waals surface area contributed by atoms with Crippen molar-refractivity contribution >= 4 is 30.8 Å². The molecule has 3 aromatic rings. The van der Waals surface area contributed by atoms with Gasteiger partial charge < -0.3 is 30.2 Å². The first-order chi connectivity index (χ1) is 19.9. The first-order valence-corrected chi connectivity index (χ1v) is 13.1. The number of hydrogen-bond acceptors (Lipinski definition) is 10. The summed E-state index contributed by atoms with van der Waals surface area (Å²) < 4.78 is 10.3. The summed E-state index contributed by atoms with van der Waals surface area (Å²) in [6.07, 6.45) is -2.34. The Kier molecular flexibility index (Phi) is 11.1. The van der Waals surface area contributed by atoms with E-state index >= 15 is 0 Å². The molecule has 0 spiro atoms. The van der Waals surface area contributed by atoms with E-state index in [1.807, 2.05) is 44.2 Å². The Morgan fingerprint density at radius 1 is 0.952 bits per heavy atom. The molecule has 2 aromatic carbocycles. The maximum absolute atomic E-state index is 13.3. The van der Waals surface area contributed by atoms with Gasteiger partial charge in [-0.3, -0.25) is 19.7 Å². The number of nitrogens with zero attached hydrogens (tertiary/aromatic N) is 2. The molecule has 0 aliphatic rings. The molecule has 1 heterocycles. The molecule has 0 saturated carbocycles. The first-order valence-electron chi connectivity index (χ1n) is 13.1. The average molecular weight is 578 g/mol. The highest BCUT2D eigenvalue weighted by Crippen LogP contribution is 2.19. The number of nitro benzene ring substituents is 1. The van der Waals surface area contributed by atoms with Crippen LogP contribution in [0.15, 0.2) is 72.8 Å². The third-order valence-electron chi connectivity index (χ3n) is 6.03. The normalized spacial score (nSPS) is 12.9. The van der Waals surface area contributed by atoms with Crippen LogP contribution in [0.3, 0.4) is 0 Å². The van der Waals surface area contributed by atoms with Crippen LogP contribution < -0.4 is 15.4 Å². The molecule has 220 valence electrons. The summed E-state index contributed by atoms with van der Waals surface area (Å²) in [5.41, 5.74) is 1.05. The molecule has 0 radical (unpaired) electrons. The minimum absolute atomic E-state index is 0.0135. The number of rotatable bonds is 12. The summed E-state index contributed by atoms with van der Waals surface area (Å²) in [7, 11) is -1.89. The van der Waals surface area contributed by atoms with E-state index in [9.17, 15) is 34.5 Å². The van der Waals surface area contributed by atoms with Gasteiger partial charge in [0.2, 0.25) is 5.91 Å². The number of amides is 2. The molecule has 13 nitrogen and oxygen atoms in total. The van der Waals surface area contributed by atoms with Gasteiger partial charge in [0.25, 0.3) is 11.6 Å². The van der Waals surface area contributed by atoms with Crippen molar-refractivity contribution in [3.8, 4) is 17.0 Å². The van der Waals surface area contributed by atoms with Crippen LogP contribution in [-0.4, -0.2) is 63.1 Å². The number of nitrogens with one attached hydrogen (secondary N) is 2. The van der Waals surface area contributed by atoms with Gasteiger partial charge in [0.15, 0.2) is 0 Å². The average Bonchev–Trinajstić information content (AvgIpc) is 2.95. The van der Waals surface area contributed by atoms with Gasteiger partial charge in [0, 0.05) is 17.7 Å². The molecular formula is C28H31BN4O9. The summed E-state index contributed by atoms with van der Waals surface area (Å²) in [5.74, 6) is -2.74. The molecule has 0 fully saturated rings. The Labute approximate surface area is 242 Å². The maximum atomic E-state index is 13.3. The van der Waals surface area contributed by atoms with Gasteiger partial charge in [-0.2, -0.15) is 0 Å². The van der Waals surface area contributed by atoms with Crippen LogP contribution in [0.5, 0.6) is 5.75 Å². The van der Waals surface area contributed by atoms with E-state index in [2.05, 4.69) is 15.6 Å². The standard InChI is InChI=1S/C28H31BN4O9/c1-17(2)16-24(29(37)38)31-27(35)25(18(3)41-28(36)42-21-14-12-20(13-15-21)33(39)40)32-26(34)23-11-7-10-22(30-23)19-8-5-4-6-9-19/h4-15,17-18,24-25,37-38H,16H2,1-3H3,(H,31,35)(H,32,34)/t18-,24+,25?/m1/s1. The number of carbonyl (C=O) groups is 3. The van der Waals surface area contributed by atoms with Crippen molar-refractivity contribution in [1.82, 2.24) is 15.6 Å². The largest absolute Gasteiger partial charge is 0.514 e. The van der Waals surface area contributed by atoms with Crippen molar-refractivity contribution in [2.75, 3.05) is 0 Å². The van der Waals surface area contributed by atoms with Gasteiger partial charge >= 0.3 is 13.3 Å². The molecular weight excluding hydrogens is 547 g/mol. The van der Waals surface area contributed by atoms with Crippen molar-refractivity contribution in [2.45, 2.75) is 45.3 Å². The van der Waals surface area contributed by atoms with Crippen molar-refractivity contribution in [3.05, 3.63) is 88.6 Å². The summed E-state index contributed by atoms with van der Waals surface area (Å²) >= 11 is 0. The third-order valence-corrected chi connectivity index (χ3v) is 6.03. The number of aromatic nitrogens is 1. The lowest BCUT2D eigenvalue weighted by Gasteiger charge is -2.27. The van der Waals surface area contributed by atoms with Crippen LogP contribution in [0.2, 0.25) is 0 Å². The van der Waals surface area contributed by atoms with E-state index in [4.69, 9.17) is 9.47 Å². The minimum Gasteiger partial charge on any atom is -0.428 e. The molecule has 3 rings (SSSR count). The fraction of sp³-hybridized carbons (Fsp3) is 0.286. The van der Waals surface area contributed by atoms with Crippen LogP contribution in [0.1, 0.15) is 37.7 Å². The highest BCUT2D eigenvalue weighted by Gasteiger charge is 2.35. The second-order valence-electron chi connectivity index (χ2n) is 9.81. The molecule has 14 heteroatoms. The van der Waals surface area contributed by atoms with E-state index in [-0.39, 0.29) is 29.5 Å². The maximum Gasteiger partial charge on any atom is 0.514 e. The molecule has 3 atom stereocenters. The Bertz CT molecular complexity index is 1390. The molecule has 1 unspecified atom stereocenters. The monoisotopic (exact) mass is 578 g/mol. The summed E-state index contributed by atoms with van der Waals surface area (Å²) in [4.78, 5) is 53.6. The quantitative estimate of drug-likeness (QED) is 0.0817. The Balaban J connectivity index is 1.80.